The Labute approximate surface area is 195 Å². The first-order valence-electron chi connectivity index (χ1n) is 9.57. The largest absolute Gasteiger partial charge is 0.478 e. The highest BCUT2D eigenvalue weighted by atomic mass is 79.9. The van der Waals surface area contributed by atoms with E-state index in [1.165, 1.54) is 0 Å². The van der Waals surface area contributed by atoms with E-state index in [0.29, 0.717) is 13.2 Å². The van der Waals surface area contributed by atoms with Crippen LogP contribution in [0.4, 0.5) is 0 Å². The van der Waals surface area contributed by atoms with Crippen molar-refractivity contribution in [3.8, 4) is 0 Å². The minimum atomic E-state index is -1.87. The van der Waals surface area contributed by atoms with Gasteiger partial charge in [-0.2, -0.15) is 0 Å². The second kappa shape index (κ2) is 8.24. The lowest BCUT2D eigenvalue weighted by Crippen LogP contribution is -2.51. The van der Waals surface area contributed by atoms with E-state index < -0.39 is 46.7 Å². The Kier molecular flexibility index (Phi) is 5.90. The molecule has 32 heavy (non-hydrogen) atoms. The van der Waals surface area contributed by atoms with Crippen LogP contribution in [0, 0.1) is 0 Å². The van der Waals surface area contributed by atoms with Gasteiger partial charge < -0.3 is 14.6 Å². The van der Waals surface area contributed by atoms with Gasteiger partial charge in [-0.25, -0.2) is 14.4 Å². The van der Waals surface area contributed by atoms with Gasteiger partial charge in [0.05, 0.1) is 34.2 Å². The molecule has 0 bridgehead atoms. The monoisotopic (exact) mass is 576 g/mol. The number of hydrogen-bond acceptors (Lipinski definition) is 7. The fourth-order valence-corrected chi connectivity index (χ4v) is 4.38. The van der Waals surface area contributed by atoms with Gasteiger partial charge in [-0.1, -0.05) is 0 Å². The fraction of sp³-hybridized carbons (Fsp3) is 0.500. The number of carboxylic acids is 1. The summed E-state index contributed by atoms with van der Waals surface area (Å²) in [7, 11) is 0. The van der Waals surface area contributed by atoms with E-state index in [1.54, 1.807) is 13.8 Å². The van der Waals surface area contributed by atoms with E-state index in [1.807, 2.05) is 0 Å². The number of halogens is 2. The molecule has 14 heteroatoms. The minimum Gasteiger partial charge on any atom is -0.478 e. The molecule has 2 fully saturated rings. The minimum absolute atomic E-state index is 0.0731. The number of aliphatic carboxylic acids is 1. The van der Waals surface area contributed by atoms with Crippen molar-refractivity contribution >= 4 is 37.8 Å². The third kappa shape index (κ3) is 3.84. The Morgan fingerprint density at radius 3 is 1.53 bits per heavy atom. The maximum absolute atomic E-state index is 13.2. The molecule has 0 radical (unpaired) electrons. The van der Waals surface area contributed by atoms with Crippen molar-refractivity contribution in [1.29, 1.82) is 0 Å². The van der Waals surface area contributed by atoms with E-state index in [2.05, 4.69) is 31.9 Å². The molecule has 2 saturated heterocycles. The molecule has 0 spiro atoms. The number of carbonyl (C=O) groups is 1. The lowest BCUT2D eigenvalue weighted by molar-refractivity contribution is -0.142. The molecular formula is C18H18Br2N4O8. The molecule has 0 aliphatic carbocycles. The van der Waals surface area contributed by atoms with Crippen molar-refractivity contribution in [2.45, 2.75) is 44.3 Å². The van der Waals surface area contributed by atoms with Crippen LogP contribution in [-0.4, -0.2) is 54.8 Å². The van der Waals surface area contributed by atoms with Crippen LogP contribution in [0.25, 0.3) is 0 Å². The highest BCUT2D eigenvalue weighted by Crippen LogP contribution is 2.24. The molecule has 4 atom stereocenters. The summed E-state index contributed by atoms with van der Waals surface area (Å²) in [6.45, 7) is 3.93. The summed E-state index contributed by atoms with van der Waals surface area (Å²) in [5, 5.41) is 9.98. The number of hydrogen-bond donors (Lipinski definition) is 1. The maximum Gasteiger partial charge on any atom is 0.348 e. The number of ether oxygens (including phenoxy) is 2. The molecular weight excluding hydrogens is 560 g/mol. The van der Waals surface area contributed by atoms with Crippen molar-refractivity contribution in [2.24, 2.45) is 0 Å². The van der Waals surface area contributed by atoms with Gasteiger partial charge in [0.2, 0.25) is 6.17 Å². The van der Waals surface area contributed by atoms with Gasteiger partial charge >= 0.3 is 17.3 Å². The first kappa shape index (κ1) is 22.9. The number of nitrogens with zero attached hydrogens (tertiary/aromatic N) is 4. The van der Waals surface area contributed by atoms with Crippen molar-refractivity contribution in [1.82, 2.24) is 18.3 Å². The van der Waals surface area contributed by atoms with E-state index in [9.17, 15) is 29.1 Å². The van der Waals surface area contributed by atoms with E-state index in [-0.39, 0.29) is 21.2 Å². The summed E-state index contributed by atoms with van der Waals surface area (Å²) in [6.07, 6.45) is -0.553. The number of carboxylic acid groups (broad SMARTS) is 1. The maximum atomic E-state index is 13.2. The number of epoxide rings is 2. The summed E-state index contributed by atoms with van der Waals surface area (Å²) < 4.78 is 13.5. The van der Waals surface area contributed by atoms with Crippen LogP contribution in [0.5, 0.6) is 0 Å². The van der Waals surface area contributed by atoms with Crippen LogP contribution in [0.3, 0.4) is 0 Å². The molecule has 4 heterocycles. The zero-order valence-corrected chi connectivity index (χ0v) is 20.0. The van der Waals surface area contributed by atoms with Crippen molar-refractivity contribution in [2.75, 3.05) is 13.2 Å². The van der Waals surface area contributed by atoms with Gasteiger partial charge in [0.1, 0.15) is 12.2 Å². The van der Waals surface area contributed by atoms with Crippen LogP contribution in [0.1, 0.15) is 32.1 Å². The third-order valence-corrected chi connectivity index (χ3v) is 6.65. The quantitative estimate of drug-likeness (QED) is 0.448. The topological polar surface area (TPSA) is 150 Å². The van der Waals surface area contributed by atoms with Gasteiger partial charge in [0.25, 0.3) is 11.1 Å². The van der Waals surface area contributed by atoms with Crippen LogP contribution in [0.15, 0.2) is 40.5 Å². The summed E-state index contributed by atoms with van der Waals surface area (Å²) in [6, 6.07) is -1.31. The molecule has 2 aliphatic heterocycles. The van der Waals surface area contributed by atoms with E-state index >= 15 is 0 Å². The van der Waals surface area contributed by atoms with Crippen molar-refractivity contribution in [3.05, 3.63) is 63.0 Å². The van der Waals surface area contributed by atoms with E-state index in [0.717, 1.165) is 30.7 Å². The second-order valence-corrected chi connectivity index (χ2v) is 9.33. The average Bonchev–Trinajstić information content (AvgIpc) is 3.62. The molecule has 0 amide bonds. The molecule has 2 unspecified atom stereocenters. The van der Waals surface area contributed by atoms with Gasteiger partial charge in [0.15, 0.2) is 0 Å². The summed E-state index contributed by atoms with van der Waals surface area (Å²) in [4.78, 5) is 63.9. The smallest absolute Gasteiger partial charge is 0.348 e. The molecule has 0 aromatic carbocycles. The first-order chi connectivity index (χ1) is 15.0. The zero-order chi connectivity index (χ0) is 23.5. The van der Waals surface area contributed by atoms with Crippen LogP contribution >= 0.6 is 31.9 Å². The van der Waals surface area contributed by atoms with Gasteiger partial charge in [0, 0.05) is 12.4 Å². The van der Waals surface area contributed by atoms with Crippen molar-refractivity contribution < 1.29 is 19.4 Å². The molecule has 172 valence electrons. The van der Waals surface area contributed by atoms with Crippen LogP contribution in [0.2, 0.25) is 0 Å². The zero-order valence-electron chi connectivity index (χ0n) is 16.8. The third-order valence-electron chi connectivity index (χ3n) is 5.56. The van der Waals surface area contributed by atoms with Crippen LogP contribution in [-0.2, 0) is 14.3 Å². The normalized spacial score (nSPS) is 22.2. The Morgan fingerprint density at radius 2 is 1.25 bits per heavy atom. The Bertz CT molecular complexity index is 1240. The average molecular weight is 578 g/mol. The highest BCUT2D eigenvalue weighted by Gasteiger charge is 2.37. The first-order valence-corrected chi connectivity index (χ1v) is 11.2. The summed E-state index contributed by atoms with van der Waals surface area (Å²) in [5.41, 5.74) is -3.19. The van der Waals surface area contributed by atoms with Gasteiger partial charge in [-0.15, -0.1) is 0 Å². The fourth-order valence-electron chi connectivity index (χ4n) is 3.56. The molecule has 4 rings (SSSR count). The predicted octanol–water partition coefficient (Wildman–Crippen LogP) is -0.0905. The van der Waals surface area contributed by atoms with Gasteiger partial charge in [-0.05, 0) is 45.7 Å². The number of rotatable bonds is 7. The molecule has 12 nitrogen and oxygen atoms in total. The molecule has 2 aromatic rings. The van der Waals surface area contributed by atoms with E-state index in [4.69, 9.17) is 9.47 Å². The standard InChI is InChI=1S/C18H18Br2N4O8/c1-7(11-5-31-11)23-14(25)9(19)3-21(17(23)29)13(16(27)28)22-4-10(20)15(26)24(18(22)30)8(2)12-6-32-12/h3-4,7-8,11-13H,5-6H2,1-2H3,(H,27,28)/t7-,8-,11?,12?,13?/m0/s1. The molecule has 2 aromatic heterocycles. The highest BCUT2D eigenvalue weighted by molar-refractivity contribution is 9.10. The lowest BCUT2D eigenvalue weighted by Gasteiger charge is -2.23. The second-order valence-electron chi connectivity index (χ2n) is 7.62. The molecule has 0 saturated carbocycles. The lowest BCUT2D eigenvalue weighted by atomic mass is 10.2. The predicted molar refractivity (Wildman–Crippen MR) is 116 cm³/mol. The molecule has 2 aliphatic rings. The summed E-state index contributed by atoms with van der Waals surface area (Å²) in [5.74, 6) is -1.55. The Hall–Kier alpha value is -2.29. The number of aromatic nitrogens is 4. The van der Waals surface area contributed by atoms with Crippen molar-refractivity contribution in [3.63, 3.8) is 0 Å². The van der Waals surface area contributed by atoms with Crippen LogP contribution < -0.4 is 22.5 Å². The summed E-state index contributed by atoms with van der Waals surface area (Å²) >= 11 is 6.15. The Balaban J connectivity index is 1.96. The molecule has 1 N–H and O–H groups in total. The Morgan fingerprint density at radius 1 is 0.906 bits per heavy atom. The van der Waals surface area contributed by atoms with Gasteiger partial charge in [-0.3, -0.25) is 27.9 Å². The SMILES string of the molecule is C[C@@H](C1CO1)n1c(=O)c(Br)cn(C(C(=O)O)n2cc(Br)c(=O)n([C@@H](C)C3CO3)c2=O)c1=O.